The van der Waals surface area contributed by atoms with Crippen LogP contribution in [-0.4, -0.2) is 20.9 Å². The van der Waals surface area contributed by atoms with E-state index in [1.165, 1.54) is 17.7 Å². The molecule has 2 N–H and O–H groups in total. The van der Waals surface area contributed by atoms with Gasteiger partial charge in [0.15, 0.2) is 0 Å². The zero-order valence-electron chi connectivity index (χ0n) is 16.5. The van der Waals surface area contributed by atoms with E-state index >= 15 is 0 Å². The SMILES string of the molecule is CC(C)CNS(=O)(=O)c1cccc(C(=O)Nc2ccc(C(C)(C)C)cc2)c1. The van der Waals surface area contributed by atoms with E-state index in [2.05, 4.69) is 30.8 Å². The van der Waals surface area contributed by atoms with Gasteiger partial charge in [0.2, 0.25) is 10.0 Å². The van der Waals surface area contributed by atoms with Crippen molar-refractivity contribution in [1.29, 1.82) is 0 Å². The van der Waals surface area contributed by atoms with E-state index in [4.69, 9.17) is 0 Å². The lowest BCUT2D eigenvalue weighted by Gasteiger charge is -2.19. The summed E-state index contributed by atoms with van der Waals surface area (Å²) < 4.78 is 27.3. The first-order valence-electron chi connectivity index (χ1n) is 9.00. The smallest absolute Gasteiger partial charge is 0.255 e. The van der Waals surface area contributed by atoms with E-state index in [-0.39, 0.29) is 22.1 Å². The molecule has 27 heavy (non-hydrogen) atoms. The Balaban J connectivity index is 2.15. The maximum atomic E-state index is 12.5. The van der Waals surface area contributed by atoms with Crippen LogP contribution in [0.1, 0.15) is 50.5 Å². The third kappa shape index (κ3) is 5.91. The van der Waals surface area contributed by atoms with Crippen LogP contribution in [0.2, 0.25) is 0 Å². The van der Waals surface area contributed by atoms with Gasteiger partial charge in [0, 0.05) is 17.8 Å². The molecule has 0 bridgehead atoms. The van der Waals surface area contributed by atoms with Gasteiger partial charge in [-0.15, -0.1) is 0 Å². The van der Waals surface area contributed by atoms with Crippen molar-refractivity contribution in [2.45, 2.75) is 44.9 Å². The number of amides is 1. The normalized spacial score (nSPS) is 12.2. The molecule has 1 amide bonds. The fourth-order valence-electron chi connectivity index (χ4n) is 2.42. The number of rotatable bonds is 6. The van der Waals surface area contributed by atoms with Crippen molar-refractivity contribution in [2.75, 3.05) is 11.9 Å². The summed E-state index contributed by atoms with van der Waals surface area (Å²) in [5.74, 6) is -0.151. The van der Waals surface area contributed by atoms with Crippen molar-refractivity contribution in [3.63, 3.8) is 0 Å². The highest BCUT2D eigenvalue weighted by molar-refractivity contribution is 7.89. The van der Waals surface area contributed by atoms with E-state index < -0.39 is 10.0 Å². The fraction of sp³-hybridized carbons (Fsp3) is 0.381. The molecule has 0 atom stereocenters. The fourth-order valence-corrected chi connectivity index (χ4v) is 3.68. The van der Waals surface area contributed by atoms with Crippen LogP contribution in [0.3, 0.4) is 0 Å². The van der Waals surface area contributed by atoms with Crippen LogP contribution < -0.4 is 10.0 Å². The summed E-state index contributed by atoms with van der Waals surface area (Å²) in [5.41, 5.74) is 2.17. The second-order valence-corrected chi connectivity index (χ2v) is 9.82. The molecular weight excluding hydrogens is 360 g/mol. The molecule has 0 heterocycles. The van der Waals surface area contributed by atoms with Crippen LogP contribution in [0.15, 0.2) is 53.4 Å². The van der Waals surface area contributed by atoms with Crippen LogP contribution >= 0.6 is 0 Å². The molecule has 0 saturated heterocycles. The molecule has 0 fully saturated rings. The number of sulfonamides is 1. The van der Waals surface area contributed by atoms with E-state index in [0.717, 1.165) is 0 Å². The number of hydrogen-bond donors (Lipinski definition) is 2. The minimum Gasteiger partial charge on any atom is -0.322 e. The first-order chi connectivity index (χ1) is 12.5. The number of nitrogens with one attached hydrogen (secondary N) is 2. The maximum Gasteiger partial charge on any atom is 0.255 e. The minimum absolute atomic E-state index is 0.0359. The van der Waals surface area contributed by atoms with Crippen molar-refractivity contribution < 1.29 is 13.2 Å². The molecule has 6 heteroatoms. The highest BCUT2D eigenvalue weighted by Crippen LogP contribution is 2.23. The first kappa shape index (κ1) is 21.1. The Kier molecular flexibility index (Phi) is 6.44. The van der Waals surface area contributed by atoms with Crippen LogP contribution in [-0.2, 0) is 15.4 Å². The third-order valence-corrected chi connectivity index (χ3v) is 5.52. The van der Waals surface area contributed by atoms with Crippen LogP contribution in [0.4, 0.5) is 5.69 Å². The zero-order chi connectivity index (χ0) is 20.2. The van der Waals surface area contributed by atoms with Gasteiger partial charge in [0.25, 0.3) is 5.91 Å². The van der Waals surface area contributed by atoms with Crippen LogP contribution in [0.25, 0.3) is 0 Å². The standard InChI is InChI=1S/C21H28N2O3S/c1-15(2)14-22-27(25,26)19-8-6-7-16(13-19)20(24)23-18-11-9-17(10-12-18)21(3,4)5/h6-13,15,22H,14H2,1-5H3,(H,23,24). The average molecular weight is 389 g/mol. The Hall–Kier alpha value is -2.18. The zero-order valence-corrected chi connectivity index (χ0v) is 17.4. The molecule has 0 unspecified atom stereocenters. The van der Waals surface area contributed by atoms with Gasteiger partial charge in [-0.3, -0.25) is 4.79 Å². The van der Waals surface area contributed by atoms with E-state index in [9.17, 15) is 13.2 Å². The molecule has 0 aliphatic rings. The number of carbonyl (C=O) groups excluding carboxylic acids is 1. The van der Waals surface area contributed by atoms with Gasteiger partial charge in [-0.25, -0.2) is 13.1 Å². The molecule has 0 saturated carbocycles. The first-order valence-corrected chi connectivity index (χ1v) is 10.5. The summed E-state index contributed by atoms with van der Waals surface area (Å²) >= 11 is 0. The summed E-state index contributed by atoms with van der Waals surface area (Å²) in [6.45, 7) is 10.6. The second-order valence-electron chi connectivity index (χ2n) is 8.06. The van der Waals surface area contributed by atoms with Crippen LogP contribution in [0.5, 0.6) is 0 Å². The molecule has 0 aliphatic carbocycles. The highest BCUT2D eigenvalue weighted by atomic mass is 32.2. The van der Waals surface area contributed by atoms with Crippen molar-refractivity contribution in [1.82, 2.24) is 4.72 Å². The molecule has 0 aliphatic heterocycles. The van der Waals surface area contributed by atoms with E-state index in [0.29, 0.717) is 17.8 Å². The topological polar surface area (TPSA) is 75.3 Å². The molecule has 2 rings (SSSR count). The molecule has 146 valence electrons. The lowest BCUT2D eigenvalue weighted by molar-refractivity contribution is 0.102. The summed E-state index contributed by atoms with van der Waals surface area (Å²) in [7, 11) is -3.64. The molecule has 2 aromatic carbocycles. The quantitative estimate of drug-likeness (QED) is 0.780. The Morgan fingerprint density at radius 3 is 2.22 bits per heavy atom. The predicted octanol–water partition coefficient (Wildman–Crippen LogP) is 4.17. The summed E-state index contributed by atoms with van der Waals surface area (Å²) in [5, 5.41) is 2.81. The number of anilines is 1. The van der Waals surface area contributed by atoms with Gasteiger partial charge < -0.3 is 5.32 Å². The van der Waals surface area contributed by atoms with E-state index in [1.807, 2.05) is 38.1 Å². The molecule has 0 aromatic heterocycles. The van der Waals surface area contributed by atoms with Crippen molar-refractivity contribution >= 4 is 21.6 Å². The Bertz CT molecular complexity index is 896. The largest absolute Gasteiger partial charge is 0.322 e. The Labute approximate surface area is 162 Å². The molecule has 0 radical (unpaired) electrons. The number of hydrogen-bond acceptors (Lipinski definition) is 3. The van der Waals surface area contributed by atoms with Crippen molar-refractivity contribution in [3.8, 4) is 0 Å². The lowest BCUT2D eigenvalue weighted by atomic mass is 9.87. The molecule has 0 spiro atoms. The summed E-state index contributed by atoms with van der Waals surface area (Å²) in [4.78, 5) is 12.6. The molecular formula is C21H28N2O3S. The van der Waals surface area contributed by atoms with Crippen LogP contribution in [0, 0.1) is 5.92 Å². The Morgan fingerprint density at radius 2 is 1.67 bits per heavy atom. The Morgan fingerprint density at radius 1 is 1.04 bits per heavy atom. The molecule has 2 aromatic rings. The second kappa shape index (κ2) is 8.23. The minimum atomic E-state index is -3.64. The van der Waals surface area contributed by atoms with Gasteiger partial charge >= 0.3 is 0 Å². The number of benzene rings is 2. The van der Waals surface area contributed by atoms with Gasteiger partial charge in [-0.1, -0.05) is 52.8 Å². The molecule has 5 nitrogen and oxygen atoms in total. The monoisotopic (exact) mass is 388 g/mol. The van der Waals surface area contributed by atoms with Crippen molar-refractivity contribution in [3.05, 3.63) is 59.7 Å². The van der Waals surface area contributed by atoms with Gasteiger partial charge in [0.1, 0.15) is 0 Å². The van der Waals surface area contributed by atoms with Gasteiger partial charge in [-0.05, 0) is 47.2 Å². The van der Waals surface area contributed by atoms with Gasteiger partial charge in [0.05, 0.1) is 4.90 Å². The van der Waals surface area contributed by atoms with Crippen molar-refractivity contribution in [2.24, 2.45) is 5.92 Å². The average Bonchev–Trinajstić information content (AvgIpc) is 2.60. The summed E-state index contributed by atoms with van der Waals surface area (Å²) in [6, 6.07) is 13.7. The highest BCUT2D eigenvalue weighted by Gasteiger charge is 2.17. The maximum absolute atomic E-state index is 12.5. The predicted molar refractivity (Wildman–Crippen MR) is 110 cm³/mol. The summed E-state index contributed by atoms with van der Waals surface area (Å²) in [6.07, 6.45) is 0. The third-order valence-electron chi connectivity index (χ3n) is 4.10. The van der Waals surface area contributed by atoms with Gasteiger partial charge in [-0.2, -0.15) is 0 Å². The lowest BCUT2D eigenvalue weighted by Crippen LogP contribution is -2.27. The number of carbonyl (C=O) groups is 1. The van der Waals surface area contributed by atoms with E-state index in [1.54, 1.807) is 12.1 Å².